The van der Waals surface area contributed by atoms with Crippen molar-refractivity contribution in [2.75, 3.05) is 26.7 Å². The molecule has 1 amide bonds. The van der Waals surface area contributed by atoms with Crippen LogP contribution in [0.2, 0.25) is 0 Å². The number of nitrogens with zero attached hydrogens (tertiary/aromatic N) is 2. The van der Waals surface area contributed by atoms with Gasteiger partial charge in [-0.05, 0) is 45.3 Å². The van der Waals surface area contributed by atoms with Crippen LogP contribution in [0.4, 0.5) is 0 Å². The molecule has 0 radical (unpaired) electrons. The van der Waals surface area contributed by atoms with Crippen LogP contribution in [0.15, 0.2) is 0 Å². The number of hydrogen-bond acceptors (Lipinski definition) is 3. The van der Waals surface area contributed by atoms with Crippen LogP contribution in [0.1, 0.15) is 26.7 Å². The van der Waals surface area contributed by atoms with E-state index < -0.39 is 5.92 Å². The van der Waals surface area contributed by atoms with E-state index in [1.807, 2.05) is 6.07 Å². The van der Waals surface area contributed by atoms with E-state index in [1.54, 1.807) is 6.92 Å². The molecule has 4 nitrogen and oxygen atoms in total. The Kier molecular flexibility index (Phi) is 4.31. The highest BCUT2D eigenvalue weighted by atomic mass is 16.1. The Morgan fingerprint density at radius 2 is 2.12 bits per heavy atom. The van der Waals surface area contributed by atoms with Crippen LogP contribution in [-0.4, -0.2) is 37.5 Å². The zero-order valence-corrected chi connectivity index (χ0v) is 10.4. The second kappa shape index (κ2) is 5.31. The summed E-state index contributed by atoms with van der Waals surface area (Å²) in [7, 11) is 2.12. The quantitative estimate of drug-likeness (QED) is 0.776. The Morgan fingerprint density at radius 1 is 1.56 bits per heavy atom. The molecule has 0 aliphatic carbocycles. The Hall–Kier alpha value is -1.08. The number of carbonyl (C=O) groups is 1. The van der Waals surface area contributed by atoms with Gasteiger partial charge < -0.3 is 10.2 Å². The first-order valence-corrected chi connectivity index (χ1v) is 5.83. The summed E-state index contributed by atoms with van der Waals surface area (Å²) in [5.41, 5.74) is 0.192. The minimum Gasteiger partial charge on any atom is -0.354 e. The molecule has 1 atom stereocenters. The van der Waals surface area contributed by atoms with E-state index in [4.69, 9.17) is 5.26 Å². The monoisotopic (exact) mass is 223 g/mol. The van der Waals surface area contributed by atoms with Gasteiger partial charge in [-0.2, -0.15) is 5.26 Å². The van der Waals surface area contributed by atoms with Crippen molar-refractivity contribution in [2.24, 2.45) is 11.3 Å². The zero-order chi connectivity index (χ0) is 12.2. The lowest BCUT2D eigenvalue weighted by atomic mass is 9.80. The third-order valence-electron chi connectivity index (χ3n) is 3.47. The number of carbonyl (C=O) groups excluding carboxylic acids is 1. The lowest BCUT2D eigenvalue weighted by Crippen LogP contribution is -2.44. The number of nitrogens with one attached hydrogen (secondary N) is 1. The van der Waals surface area contributed by atoms with Gasteiger partial charge in [0.1, 0.15) is 5.92 Å². The maximum atomic E-state index is 11.5. The molecule has 0 saturated carbocycles. The van der Waals surface area contributed by atoms with Gasteiger partial charge in [-0.1, -0.05) is 6.92 Å². The number of likely N-dealkylation sites (tertiary alicyclic amines) is 1. The lowest BCUT2D eigenvalue weighted by molar-refractivity contribution is -0.123. The number of hydrogen-bond donors (Lipinski definition) is 1. The van der Waals surface area contributed by atoms with Crippen molar-refractivity contribution in [1.29, 1.82) is 5.26 Å². The van der Waals surface area contributed by atoms with E-state index in [1.165, 1.54) is 0 Å². The number of nitriles is 1. The molecule has 0 spiro atoms. The topological polar surface area (TPSA) is 56.1 Å². The van der Waals surface area contributed by atoms with Crippen LogP contribution in [0.25, 0.3) is 0 Å². The molecule has 1 saturated heterocycles. The van der Waals surface area contributed by atoms with Gasteiger partial charge in [-0.3, -0.25) is 4.79 Å². The van der Waals surface area contributed by atoms with Crippen LogP contribution >= 0.6 is 0 Å². The summed E-state index contributed by atoms with van der Waals surface area (Å²) in [6.45, 7) is 6.69. The van der Waals surface area contributed by atoms with Gasteiger partial charge in [0.05, 0.1) is 6.07 Å². The third-order valence-corrected chi connectivity index (χ3v) is 3.47. The maximum absolute atomic E-state index is 11.5. The summed E-state index contributed by atoms with van der Waals surface area (Å²) in [4.78, 5) is 13.8. The molecule has 0 aromatic carbocycles. The second-order valence-electron chi connectivity index (χ2n) is 5.18. The second-order valence-corrected chi connectivity index (χ2v) is 5.18. The maximum Gasteiger partial charge on any atom is 0.237 e. The van der Waals surface area contributed by atoms with E-state index in [-0.39, 0.29) is 11.3 Å². The Balaban J connectivity index is 2.37. The molecule has 1 fully saturated rings. The lowest BCUT2D eigenvalue weighted by Gasteiger charge is -2.38. The standard InChI is InChI=1S/C12H21N3O/c1-10(8-13)11(16)14-9-12(2)4-6-15(3)7-5-12/h10H,4-7,9H2,1-3H3,(H,14,16). The van der Waals surface area contributed by atoms with Crippen molar-refractivity contribution in [3.8, 4) is 6.07 Å². The van der Waals surface area contributed by atoms with E-state index in [2.05, 4.69) is 24.2 Å². The molecule has 0 aromatic rings. The van der Waals surface area contributed by atoms with Gasteiger partial charge in [-0.15, -0.1) is 0 Å². The molecular weight excluding hydrogens is 202 g/mol. The average Bonchev–Trinajstić information content (AvgIpc) is 2.29. The van der Waals surface area contributed by atoms with E-state index in [9.17, 15) is 4.79 Å². The predicted molar refractivity (Wildman–Crippen MR) is 62.6 cm³/mol. The summed E-state index contributed by atoms with van der Waals surface area (Å²) >= 11 is 0. The van der Waals surface area contributed by atoms with E-state index in [0.29, 0.717) is 6.54 Å². The SMILES string of the molecule is CC(C#N)C(=O)NCC1(C)CCN(C)CC1. The molecule has 0 aromatic heterocycles. The molecule has 1 unspecified atom stereocenters. The fraction of sp³-hybridized carbons (Fsp3) is 0.833. The first-order valence-electron chi connectivity index (χ1n) is 5.83. The molecule has 1 rings (SSSR count). The third kappa shape index (κ3) is 3.49. The van der Waals surface area contributed by atoms with Crippen molar-refractivity contribution >= 4 is 5.91 Å². The number of rotatable bonds is 3. The summed E-state index contributed by atoms with van der Waals surface area (Å²) < 4.78 is 0. The minimum atomic E-state index is -0.546. The normalized spacial score (nSPS) is 22.1. The molecule has 0 bridgehead atoms. The van der Waals surface area contributed by atoms with Gasteiger partial charge in [-0.25, -0.2) is 0 Å². The van der Waals surface area contributed by atoms with Crippen molar-refractivity contribution in [3.63, 3.8) is 0 Å². The van der Waals surface area contributed by atoms with Gasteiger partial charge in [0.25, 0.3) is 0 Å². The van der Waals surface area contributed by atoms with Gasteiger partial charge in [0.2, 0.25) is 5.91 Å². The highest BCUT2D eigenvalue weighted by Crippen LogP contribution is 2.29. The van der Waals surface area contributed by atoms with Crippen molar-refractivity contribution in [1.82, 2.24) is 10.2 Å². The van der Waals surface area contributed by atoms with Crippen LogP contribution in [0, 0.1) is 22.7 Å². The largest absolute Gasteiger partial charge is 0.354 e. The molecule has 16 heavy (non-hydrogen) atoms. The highest BCUT2D eigenvalue weighted by molar-refractivity contribution is 5.80. The van der Waals surface area contributed by atoms with Crippen LogP contribution in [0.3, 0.4) is 0 Å². The fourth-order valence-electron chi connectivity index (χ4n) is 1.85. The Morgan fingerprint density at radius 3 is 2.62 bits per heavy atom. The molecule has 1 aliphatic rings. The van der Waals surface area contributed by atoms with Gasteiger partial charge >= 0.3 is 0 Å². The van der Waals surface area contributed by atoms with Crippen LogP contribution < -0.4 is 5.32 Å². The smallest absolute Gasteiger partial charge is 0.237 e. The number of piperidine rings is 1. The fourth-order valence-corrected chi connectivity index (χ4v) is 1.85. The minimum absolute atomic E-state index is 0.150. The van der Waals surface area contributed by atoms with Crippen LogP contribution in [0.5, 0.6) is 0 Å². The van der Waals surface area contributed by atoms with Crippen molar-refractivity contribution < 1.29 is 4.79 Å². The number of amides is 1. The summed E-state index contributed by atoms with van der Waals surface area (Å²) in [5.74, 6) is -0.697. The highest BCUT2D eigenvalue weighted by Gasteiger charge is 2.29. The van der Waals surface area contributed by atoms with E-state index in [0.717, 1.165) is 25.9 Å². The summed E-state index contributed by atoms with van der Waals surface area (Å²) in [5, 5.41) is 11.5. The predicted octanol–water partition coefficient (Wildman–Crippen LogP) is 0.994. The molecule has 1 N–H and O–H groups in total. The molecule has 1 aliphatic heterocycles. The average molecular weight is 223 g/mol. The van der Waals surface area contributed by atoms with E-state index >= 15 is 0 Å². The molecule has 4 heteroatoms. The Bertz CT molecular complexity index is 287. The molecule has 1 heterocycles. The Labute approximate surface area is 97.6 Å². The summed E-state index contributed by atoms with van der Waals surface area (Å²) in [6.07, 6.45) is 2.20. The first kappa shape index (κ1) is 13.0. The zero-order valence-electron chi connectivity index (χ0n) is 10.4. The van der Waals surface area contributed by atoms with Crippen LogP contribution in [-0.2, 0) is 4.79 Å². The molecule has 90 valence electrons. The van der Waals surface area contributed by atoms with Crippen molar-refractivity contribution in [2.45, 2.75) is 26.7 Å². The van der Waals surface area contributed by atoms with Gasteiger partial charge in [0.15, 0.2) is 0 Å². The molecular formula is C12H21N3O. The summed E-state index contributed by atoms with van der Waals surface area (Å²) in [6, 6.07) is 1.95. The first-order chi connectivity index (χ1) is 7.47. The van der Waals surface area contributed by atoms with Crippen molar-refractivity contribution in [3.05, 3.63) is 0 Å². The van der Waals surface area contributed by atoms with Gasteiger partial charge in [0, 0.05) is 6.54 Å².